The van der Waals surface area contributed by atoms with Gasteiger partial charge in [0.05, 0.1) is 13.2 Å². The largest absolute Gasteiger partial charge is 0.394 e. The fourth-order valence-corrected chi connectivity index (χ4v) is 2.40. The van der Waals surface area contributed by atoms with Crippen LogP contribution in [-0.2, 0) is 11.5 Å². The van der Waals surface area contributed by atoms with E-state index in [2.05, 4.69) is 15.2 Å². The van der Waals surface area contributed by atoms with Crippen molar-refractivity contribution in [1.82, 2.24) is 24.4 Å². The summed E-state index contributed by atoms with van der Waals surface area (Å²) < 4.78 is 8.00. The van der Waals surface area contributed by atoms with E-state index < -0.39 is 0 Å². The normalized spacial score (nSPS) is 11.2. The predicted octanol–water partition coefficient (Wildman–Crippen LogP) is 0.641. The third kappa shape index (κ3) is 3.11. The van der Waals surface area contributed by atoms with E-state index in [0.717, 1.165) is 0 Å². The fourth-order valence-electron chi connectivity index (χ4n) is 2.06. The fraction of sp³-hybridized carbons (Fsp3) is 0.286. The van der Waals surface area contributed by atoms with E-state index in [1.165, 1.54) is 21.0 Å². The zero-order chi connectivity index (χ0) is 16.2. The van der Waals surface area contributed by atoms with Crippen molar-refractivity contribution in [3.8, 4) is 11.3 Å². The molecule has 120 valence electrons. The summed E-state index contributed by atoms with van der Waals surface area (Å²) in [4.78, 5) is 16.9. The number of fused-ring (bicyclic) bond motifs is 1. The minimum Gasteiger partial charge on any atom is -0.394 e. The van der Waals surface area contributed by atoms with Gasteiger partial charge in [-0.1, -0.05) is 42.1 Å². The SMILES string of the molecule is CSc1nc2n(COCCO)nc(-c3ccccc3)c(=O)n2n1. The molecule has 0 spiro atoms. The van der Waals surface area contributed by atoms with Gasteiger partial charge in [-0.15, -0.1) is 5.10 Å². The van der Waals surface area contributed by atoms with Crippen molar-refractivity contribution in [2.75, 3.05) is 19.5 Å². The molecule has 0 atom stereocenters. The number of thioether (sulfide) groups is 1. The van der Waals surface area contributed by atoms with Crippen LogP contribution < -0.4 is 5.56 Å². The first-order valence-electron chi connectivity index (χ1n) is 6.90. The average Bonchev–Trinajstić information content (AvgIpc) is 3.03. The summed E-state index contributed by atoms with van der Waals surface area (Å²) in [6.45, 7) is 0.144. The highest BCUT2D eigenvalue weighted by Crippen LogP contribution is 2.14. The van der Waals surface area contributed by atoms with Crippen LogP contribution in [0.3, 0.4) is 0 Å². The molecule has 1 aromatic carbocycles. The molecule has 9 heteroatoms. The molecule has 0 bridgehead atoms. The Kier molecular flexibility index (Phi) is 4.70. The molecule has 0 amide bonds. The quantitative estimate of drug-likeness (QED) is 0.522. The van der Waals surface area contributed by atoms with Gasteiger partial charge in [-0.25, -0.2) is 4.68 Å². The van der Waals surface area contributed by atoms with E-state index >= 15 is 0 Å². The molecule has 0 aliphatic heterocycles. The predicted molar refractivity (Wildman–Crippen MR) is 85.3 cm³/mol. The second-order valence-electron chi connectivity index (χ2n) is 4.59. The smallest absolute Gasteiger partial charge is 0.302 e. The van der Waals surface area contributed by atoms with Crippen LogP contribution in [0.4, 0.5) is 0 Å². The van der Waals surface area contributed by atoms with Gasteiger partial charge in [-0.2, -0.15) is 14.6 Å². The van der Waals surface area contributed by atoms with Crippen LogP contribution in [0.2, 0.25) is 0 Å². The Morgan fingerprint density at radius 2 is 2.04 bits per heavy atom. The summed E-state index contributed by atoms with van der Waals surface area (Å²) in [6, 6.07) is 9.15. The molecule has 0 fully saturated rings. The van der Waals surface area contributed by atoms with Gasteiger partial charge in [0.1, 0.15) is 6.73 Å². The molecule has 0 aliphatic carbocycles. The number of aliphatic hydroxyl groups excluding tert-OH is 1. The van der Waals surface area contributed by atoms with Crippen LogP contribution in [-0.4, -0.2) is 49.0 Å². The highest BCUT2D eigenvalue weighted by atomic mass is 32.2. The highest BCUT2D eigenvalue weighted by Gasteiger charge is 2.16. The standard InChI is InChI=1S/C14H15N5O3S/c1-23-13-15-14-18(9-22-8-7-20)16-11(12(21)19(14)17-13)10-5-3-2-4-6-10/h2-6,20H,7-9H2,1H3. The minimum absolute atomic E-state index is 0.0662. The summed E-state index contributed by atoms with van der Waals surface area (Å²) in [5.41, 5.74) is 0.622. The van der Waals surface area contributed by atoms with Crippen molar-refractivity contribution >= 4 is 17.5 Å². The molecule has 0 saturated heterocycles. The first-order chi connectivity index (χ1) is 11.2. The molecule has 8 nitrogen and oxygen atoms in total. The Balaban J connectivity index is 2.17. The van der Waals surface area contributed by atoms with E-state index in [9.17, 15) is 4.79 Å². The maximum Gasteiger partial charge on any atom is 0.302 e. The van der Waals surface area contributed by atoms with E-state index in [1.54, 1.807) is 12.1 Å². The summed E-state index contributed by atoms with van der Waals surface area (Å²) >= 11 is 1.34. The summed E-state index contributed by atoms with van der Waals surface area (Å²) in [6.07, 6.45) is 1.83. The zero-order valence-corrected chi connectivity index (χ0v) is 13.2. The number of rotatable bonds is 6. The van der Waals surface area contributed by atoms with Crippen LogP contribution in [0.15, 0.2) is 40.3 Å². The summed E-state index contributed by atoms with van der Waals surface area (Å²) in [5, 5.41) is 17.9. The van der Waals surface area contributed by atoms with Crippen LogP contribution in [0.1, 0.15) is 0 Å². The number of hydrogen-bond acceptors (Lipinski definition) is 7. The number of hydrogen-bond donors (Lipinski definition) is 1. The van der Waals surface area contributed by atoms with E-state index in [1.807, 2.05) is 24.5 Å². The van der Waals surface area contributed by atoms with Crippen molar-refractivity contribution in [3.05, 3.63) is 40.7 Å². The molecule has 0 aliphatic rings. The molecule has 3 aromatic rings. The Labute approximate surface area is 135 Å². The Hall–Kier alpha value is -2.23. The molecular weight excluding hydrogens is 318 g/mol. The zero-order valence-electron chi connectivity index (χ0n) is 12.4. The molecule has 2 heterocycles. The number of ether oxygens (including phenoxy) is 1. The van der Waals surface area contributed by atoms with Gasteiger partial charge in [-0.05, 0) is 6.26 Å². The van der Waals surface area contributed by atoms with Crippen LogP contribution in [0, 0.1) is 0 Å². The number of aliphatic hydroxyl groups is 1. The lowest BCUT2D eigenvalue weighted by Crippen LogP contribution is -2.25. The Bertz CT molecular complexity index is 862. The maximum absolute atomic E-state index is 12.6. The summed E-state index contributed by atoms with van der Waals surface area (Å²) in [7, 11) is 0. The van der Waals surface area contributed by atoms with Crippen molar-refractivity contribution in [1.29, 1.82) is 0 Å². The van der Waals surface area contributed by atoms with E-state index in [4.69, 9.17) is 9.84 Å². The van der Waals surface area contributed by atoms with E-state index in [0.29, 0.717) is 16.5 Å². The lowest BCUT2D eigenvalue weighted by atomic mass is 10.2. The van der Waals surface area contributed by atoms with Crippen molar-refractivity contribution in [3.63, 3.8) is 0 Å². The van der Waals surface area contributed by atoms with Gasteiger partial charge in [0.25, 0.3) is 5.78 Å². The topological polar surface area (TPSA) is 94.5 Å². The molecule has 0 unspecified atom stereocenters. The molecule has 2 aromatic heterocycles. The second-order valence-corrected chi connectivity index (χ2v) is 5.36. The Morgan fingerprint density at radius 1 is 1.26 bits per heavy atom. The monoisotopic (exact) mass is 333 g/mol. The number of aromatic nitrogens is 5. The molecule has 3 rings (SSSR count). The first-order valence-corrected chi connectivity index (χ1v) is 8.13. The number of nitrogens with zero attached hydrogens (tertiary/aromatic N) is 5. The molecule has 23 heavy (non-hydrogen) atoms. The van der Waals surface area contributed by atoms with Gasteiger partial charge in [0.15, 0.2) is 5.69 Å². The van der Waals surface area contributed by atoms with Gasteiger partial charge in [-0.3, -0.25) is 4.79 Å². The lowest BCUT2D eigenvalue weighted by Gasteiger charge is -2.09. The Morgan fingerprint density at radius 3 is 2.74 bits per heavy atom. The van der Waals surface area contributed by atoms with Crippen LogP contribution in [0.25, 0.3) is 17.0 Å². The number of benzene rings is 1. The molecule has 0 radical (unpaired) electrons. The van der Waals surface area contributed by atoms with Gasteiger partial charge in [0.2, 0.25) is 5.16 Å². The van der Waals surface area contributed by atoms with Crippen molar-refractivity contribution in [2.24, 2.45) is 0 Å². The maximum atomic E-state index is 12.6. The van der Waals surface area contributed by atoms with Crippen molar-refractivity contribution < 1.29 is 9.84 Å². The second kappa shape index (κ2) is 6.90. The van der Waals surface area contributed by atoms with E-state index in [-0.39, 0.29) is 31.2 Å². The average molecular weight is 333 g/mol. The first kappa shape index (κ1) is 15.7. The van der Waals surface area contributed by atoms with Gasteiger partial charge < -0.3 is 9.84 Å². The minimum atomic E-state index is -0.336. The van der Waals surface area contributed by atoms with Crippen LogP contribution in [0.5, 0.6) is 0 Å². The lowest BCUT2D eigenvalue weighted by molar-refractivity contribution is 0.0427. The van der Waals surface area contributed by atoms with Crippen molar-refractivity contribution in [2.45, 2.75) is 11.9 Å². The van der Waals surface area contributed by atoms with Crippen LogP contribution >= 0.6 is 11.8 Å². The highest BCUT2D eigenvalue weighted by molar-refractivity contribution is 7.98. The van der Waals surface area contributed by atoms with Gasteiger partial charge >= 0.3 is 5.56 Å². The summed E-state index contributed by atoms with van der Waals surface area (Å²) in [5.74, 6) is 0.303. The third-order valence-corrected chi connectivity index (χ3v) is 3.63. The molecular formula is C14H15N5O3S. The van der Waals surface area contributed by atoms with Gasteiger partial charge in [0, 0.05) is 5.56 Å². The molecule has 0 saturated carbocycles. The molecule has 1 N–H and O–H groups in total. The third-order valence-electron chi connectivity index (χ3n) is 3.10.